The Labute approximate surface area is 535 Å². The third kappa shape index (κ3) is 20.1. The Balaban J connectivity index is 1.83. The number of halogens is 18. The number of hydrogen-bond acceptors (Lipinski definition) is 6. The zero-order chi connectivity index (χ0) is 70.6. The van der Waals surface area contributed by atoms with Crippen molar-refractivity contribution >= 4 is 35.4 Å². The van der Waals surface area contributed by atoms with Gasteiger partial charge in [0.2, 0.25) is 0 Å². The predicted octanol–water partition coefficient (Wildman–Crippen LogP) is 14.2. The normalized spacial score (nSPS) is 12.2. The lowest BCUT2D eigenvalue weighted by Crippen LogP contribution is -2.46. The Morgan fingerprint density at radius 3 is 0.385 bits per heavy atom. The van der Waals surface area contributed by atoms with E-state index in [0.29, 0.717) is 0 Å². The van der Waals surface area contributed by atoms with Crippen molar-refractivity contribution in [2.75, 3.05) is 0 Å². The van der Waals surface area contributed by atoms with Gasteiger partial charge in [-0.25, -0.2) is 0 Å². The molecule has 96 heavy (non-hydrogen) atoms. The van der Waals surface area contributed by atoms with Crippen molar-refractivity contribution in [3.63, 3.8) is 0 Å². The zero-order valence-electron chi connectivity index (χ0n) is 49.7. The quantitative estimate of drug-likeness (QED) is 0.0556. The molecule has 0 fully saturated rings. The molecule has 0 spiro atoms. The Kier molecular flexibility index (Phi) is 23.5. The number of hydrogen-bond donors (Lipinski definition) is 0. The van der Waals surface area contributed by atoms with Crippen molar-refractivity contribution in [3.8, 4) is 0 Å². The fourth-order valence-corrected chi connectivity index (χ4v) is 10.5. The second-order valence-electron chi connectivity index (χ2n) is 21.7. The largest absolute Gasteiger partial charge is 0.471 e. The van der Waals surface area contributed by atoms with E-state index in [-0.39, 0.29) is 62.8 Å². The van der Waals surface area contributed by atoms with Gasteiger partial charge in [-0.05, 0) is 66.8 Å². The van der Waals surface area contributed by atoms with E-state index in [1.165, 1.54) is 109 Å². The van der Waals surface area contributed by atoms with Crippen LogP contribution >= 0.6 is 0 Å². The summed E-state index contributed by atoms with van der Waals surface area (Å²) in [5, 5.41) is 0. The number of benzene rings is 7. The first-order chi connectivity index (χ1) is 44.9. The van der Waals surface area contributed by atoms with Crippen molar-refractivity contribution in [2.45, 2.75) is 116 Å². The van der Waals surface area contributed by atoms with Crippen LogP contribution in [0.3, 0.4) is 0 Å². The van der Waals surface area contributed by atoms with E-state index in [1.54, 1.807) is 0 Å². The van der Waals surface area contributed by atoms with Gasteiger partial charge in [-0.2, -0.15) is 79.0 Å². The lowest BCUT2D eigenvalue weighted by molar-refractivity contribution is -0.187. The maximum Gasteiger partial charge on any atom is 0.471 e. The van der Waals surface area contributed by atoms with E-state index < -0.39 is 184 Å². The van der Waals surface area contributed by atoms with Crippen LogP contribution < -0.4 is 0 Å². The van der Waals surface area contributed by atoms with E-state index >= 15 is 79.0 Å². The monoisotopic (exact) mass is 1370 g/mol. The summed E-state index contributed by atoms with van der Waals surface area (Å²) in [5.74, 6) is -17.5. The van der Waals surface area contributed by atoms with Gasteiger partial charge in [0.15, 0.2) is 0 Å². The van der Waals surface area contributed by atoms with Crippen molar-refractivity contribution in [1.29, 1.82) is 0 Å². The van der Waals surface area contributed by atoms with Gasteiger partial charge < -0.3 is 29.4 Å². The molecule has 12 nitrogen and oxygen atoms in total. The second kappa shape index (κ2) is 30.7. The molecule has 7 aromatic rings. The van der Waals surface area contributed by atoms with Crippen LogP contribution in [0.5, 0.6) is 0 Å². The molecule has 510 valence electrons. The van der Waals surface area contributed by atoms with Gasteiger partial charge in [0.05, 0.1) is 0 Å². The van der Waals surface area contributed by atoms with Crippen LogP contribution in [0, 0.1) is 0 Å². The van der Waals surface area contributed by atoms with Crippen molar-refractivity contribution in [2.24, 2.45) is 0 Å². The molecule has 6 amide bonds. The van der Waals surface area contributed by atoms with E-state index in [2.05, 4.69) is 0 Å². The first kappa shape index (κ1) is 73.5. The molecule has 0 aliphatic heterocycles. The number of alkyl halides is 18. The molecule has 7 aromatic carbocycles. The van der Waals surface area contributed by atoms with Crippen molar-refractivity contribution in [3.05, 3.63) is 249 Å². The Morgan fingerprint density at radius 2 is 0.292 bits per heavy atom. The Morgan fingerprint density at radius 1 is 0.188 bits per heavy atom. The van der Waals surface area contributed by atoms with Crippen LogP contribution in [0.25, 0.3) is 0 Å². The van der Waals surface area contributed by atoms with Crippen molar-refractivity contribution in [1.82, 2.24) is 29.4 Å². The fourth-order valence-electron chi connectivity index (χ4n) is 10.5. The number of nitrogens with zero attached hydrogens (tertiary/aromatic N) is 6. The second-order valence-corrected chi connectivity index (χ2v) is 21.7. The lowest BCUT2D eigenvalue weighted by atomic mass is 9.83. The molecular weight excluding hydrogens is 1310 g/mol. The highest BCUT2D eigenvalue weighted by atomic mass is 19.4. The van der Waals surface area contributed by atoms with Crippen LogP contribution in [0.4, 0.5) is 79.0 Å². The van der Waals surface area contributed by atoms with Gasteiger partial charge in [0, 0.05) is 78.5 Å². The maximum absolute atomic E-state index is 15.4. The van der Waals surface area contributed by atoms with Gasteiger partial charge in [-0.15, -0.1) is 0 Å². The van der Waals surface area contributed by atoms with Crippen LogP contribution in [0.15, 0.2) is 182 Å². The highest BCUT2D eigenvalue weighted by Gasteiger charge is 2.50. The minimum atomic E-state index is -6.06. The number of carbonyl (C=O) groups excluding carboxylic acids is 6. The Bertz CT molecular complexity index is 3140. The molecule has 0 saturated carbocycles. The first-order valence-electron chi connectivity index (χ1n) is 28.5. The van der Waals surface area contributed by atoms with E-state index in [4.69, 9.17) is 0 Å². The molecule has 0 N–H and O–H groups in total. The summed E-state index contributed by atoms with van der Waals surface area (Å²) in [6.07, 6.45) is -36.4. The van der Waals surface area contributed by atoms with E-state index in [0.717, 1.165) is 72.8 Å². The third-order valence-corrected chi connectivity index (χ3v) is 14.8. The molecule has 0 unspecified atom stereocenters. The summed E-state index contributed by atoms with van der Waals surface area (Å²) in [4.78, 5) is 83.9. The maximum atomic E-state index is 15.4. The van der Waals surface area contributed by atoms with Gasteiger partial charge in [-0.3, -0.25) is 28.8 Å². The Hall–Kier alpha value is -9.90. The van der Waals surface area contributed by atoms with Crippen LogP contribution in [-0.4, -0.2) is 102 Å². The van der Waals surface area contributed by atoms with Gasteiger partial charge in [-0.1, -0.05) is 182 Å². The topological polar surface area (TPSA) is 122 Å². The third-order valence-electron chi connectivity index (χ3n) is 14.8. The molecule has 0 aliphatic carbocycles. The highest BCUT2D eigenvalue weighted by molar-refractivity contribution is 5.86. The molecule has 7 rings (SSSR count). The first-order valence-corrected chi connectivity index (χ1v) is 28.5. The zero-order valence-corrected chi connectivity index (χ0v) is 49.7. The summed E-state index contributed by atoms with van der Waals surface area (Å²) in [5.41, 5.74) is -9.60. The van der Waals surface area contributed by atoms with Gasteiger partial charge in [0.1, 0.15) is 0 Å². The molecule has 0 aromatic heterocycles. The molecule has 0 bridgehead atoms. The predicted molar refractivity (Wildman–Crippen MR) is 307 cm³/mol. The van der Waals surface area contributed by atoms with Crippen LogP contribution in [-0.2, 0) is 107 Å². The molecule has 0 heterocycles. The van der Waals surface area contributed by atoms with E-state index in [1.807, 2.05) is 0 Å². The summed E-state index contributed by atoms with van der Waals surface area (Å²) >= 11 is 0. The summed E-state index contributed by atoms with van der Waals surface area (Å²) in [6.45, 7) is -19.4. The highest BCUT2D eigenvalue weighted by Crippen LogP contribution is 2.41. The van der Waals surface area contributed by atoms with E-state index in [9.17, 15) is 28.8 Å². The molecule has 0 atom stereocenters. The molecular formula is C66H54F18N6O6. The van der Waals surface area contributed by atoms with Gasteiger partial charge >= 0.3 is 72.5 Å². The minimum absolute atomic E-state index is 0.175. The summed E-state index contributed by atoms with van der Waals surface area (Å²) in [6, 6.07) is 35.6. The molecule has 0 aliphatic rings. The average Bonchev–Trinajstić information content (AvgIpc) is 0.742. The fraction of sp³-hybridized carbons (Fsp3) is 0.273. The van der Waals surface area contributed by atoms with Crippen LogP contribution in [0.1, 0.15) is 66.8 Å². The standard InChI is InChI=1S/C66H54F18N6O6/c67-61(68,69)55(91)85(31-43-19-7-1-8-20-43)37-49-50(38-86(56(92)62(70,71)72)32-44-21-9-2-10-22-44)52(40-88(58(94)64(76,77)78)34-46-25-13-4-14-26-46)54(42-90(60(96)66(82,83)84)36-48-29-17-6-18-30-48)53(41-89(59(95)65(79,80)81)35-47-27-15-5-16-28-47)51(49)39-87(57(93)63(73,74)75)33-45-23-11-3-12-24-45/h1-30H,31-42H2. The number of amides is 6. The molecule has 0 saturated heterocycles. The number of carbonyl (C=O) groups is 6. The lowest BCUT2D eigenvalue weighted by Gasteiger charge is -2.38. The smallest absolute Gasteiger partial charge is 0.326 e. The molecule has 30 heteroatoms. The average molecular weight is 1370 g/mol. The van der Waals surface area contributed by atoms with Gasteiger partial charge in [0.25, 0.3) is 0 Å². The SMILES string of the molecule is O=C(N(Cc1ccccc1)Cc1c(CN(Cc2ccccc2)C(=O)C(F)(F)F)c(CN(Cc2ccccc2)C(=O)C(F)(F)F)c(CN(Cc2ccccc2)C(=O)C(F)(F)F)c(CN(Cc2ccccc2)C(=O)C(F)(F)F)c1CN(Cc1ccccc1)C(=O)C(F)(F)F)C(F)(F)F. The minimum Gasteiger partial charge on any atom is -0.326 e. The van der Waals surface area contributed by atoms with Crippen LogP contribution in [0.2, 0.25) is 0 Å². The van der Waals surface area contributed by atoms with Crippen molar-refractivity contribution < 1.29 is 108 Å². The number of rotatable bonds is 24. The molecule has 0 radical (unpaired) electrons. The summed E-state index contributed by atoms with van der Waals surface area (Å²) < 4.78 is 277. The summed E-state index contributed by atoms with van der Waals surface area (Å²) in [7, 11) is 0.